The maximum absolute atomic E-state index is 12.1. The van der Waals surface area contributed by atoms with Crippen molar-refractivity contribution in [2.24, 2.45) is 34.5 Å². The second-order valence-corrected chi connectivity index (χ2v) is 9.08. The fourth-order valence-corrected chi connectivity index (χ4v) is 7.00. The molecule has 0 aliphatic heterocycles. The molecule has 0 aromatic carbocycles. The molecule has 3 saturated carbocycles. The SMILES string of the molecule is C[C@@]12CCC[C@H]1[C@@H]1CCC3=CC(=O)CC[C@]3(C)[C@H]1[C@@H](C(=O)O)C2. The maximum Gasteiger partial charge on any atom is 0.306 e. The van der Waals surface area contributed by atoms with E-state index in [9.17, 15) is 14.7 Å². The number of allylic oxidation sites excluding steroid dienone is 1. The van der Waals surface area contributed by atoms with E-state index in [4.69, 9.17) is 0 Å². The molecule has 0 spiro atoms. The Hall–Kier alpha value is -1.12. The van der Waals surface area contributed by atoms with Gasteiger partial charge in [-0.2, -0.15) is 0 Å². The Kier molecular flexibility index (Phi) is 3.31. The first-order valence-corrected chi connectivity index (χ1v) is 9.32. The van der Waals surface area contributed by atoms with Gasteiger partial charge in [-0.15, -0.1) is 0 Å². The average Bonchev–Trinajstić information content (AvgIpc) is 2.88. The number of carboxylic acid groups (broad SMARTS) is 1. The molecule has 0 heterocycles. The van der Waals surface area contributed by atoms with Gasteiger partial charge in [-0.05, 0) is 73.2 Å². The molecule has 3 heteroatoms. The van der Waals surface area contributed by atoms with Gasteiger partial charge in [0.05, 0.1) is 5.92 Å². The lowest BCUT2D eigenvalue weighted by Gasteiger charge is -2.59. The zero-order valence-corrected chi connectivity index (χ0v) is 14.3. The summed E-state index contributed by atoms with van der Waals surface area (Å²) in [6.45, 7) is 4.60. The van der Waals surface area contributed by atoms with Crippen LogP contribution in [0.1, 0.15) is 65.2 Å². The largest absolute Gasteiger partial charge is 0.481 e. The predicted molar refractivity (Wildman–Crippen MR) is 87.8 cm³/mol. The van der Waals surface area contributed by atoms with E-state index in [1.807, 2.05) is 6.08 Å². The molecule has 4 rings (SSSR count). The van der Waals surface area contributed by atoms with Crippen LogP contribution in [-0.4, -0.2) is 16.9 Å². The number of rotatable bonds is 1. The molecule has 4 aliphatic carbocycles. The van der Waals surface area contributed by atoms with Crippen LogP contribution in [0.25, 0.3) is 0 Å². The number of carbonyl (C=O) groups excluding carboxylic acids is 1. The highest BCUT2D eigenvalue weighted by Crippen LogP contribution is 2.66. The predicted octanol–water partition coefficient (Wildman–Crippen LogP) is 4.22. The molecule has 0 radical (unpaired) electrons. The van der Waals surface area contributed by atoms with Crippen molar-refractivity contribution in [2.75, 3.05) is 0 Å². The van der Waals surface area contributed by atoms with Crippen molar-refractivity contribution in [1.29, 1.82) is 0 Å². The highest BCUT2D eigenvalue weighted by atomic mass is 16.4. The summed E-state index contributed by atoms with van der Waals surface area (Å²) in [4.78, 5) is 24.0. The molecule has 0 aromatic heterocycles. The van der Waals surface area contributed by atoms with Crippen molar-refractivity contribution >= 4 is 11.8 Å². The van der Waals surface area contributed by atoms with Gasteiger partial charge in [0.2, 0.25) is 0 Å². The summed E-state index contributed by atoms with van der Waals surface area (Å²) >= 11 is 0. The van der Waals surface area contributed by atoms with Crippen molar-refractivity contribution in [3.8, 4) is 0 Å². The van der Waals surface area contributed by atoms with E-state index >= 15 is 0 Å². The minimum atomic E-state index is -0.606. The number of ketones is 1. The molecule has 3 fully saturated rings. The van der Waals surface area contributed by atoms with E-state index in [1.54, 1.807) is 0 Å². The molecule has 1 N–H and O–H groups in total. The number of carboxylic acids is 1. The zero-order valence-electron chi connectivity index (χ0n) is 14.3. The molecular formula is C20H28O3. The van der Waals surface area contributed by atoms with Crippen LogP contribution in [-0.2, 0) is 9.59 Å². The second kappa shape index (κ2) is 4.94. The van der Waals surface area contributed by atoms with Crippen LogP contribution in [0.4, 0.5) is 0 Å². The van der Waals surface area contributed by atoms with Gasteiger partial charge in [-0.3, -0.25) is 9.59 Å². The normalized spacial score (nSPS) is 49.0. The van der Waals surface area contributed by atoms with Gasteiger partial charge in [-0.25, -0.2) is 0 Å². The lowest BCUT2D eigenvalue weighted by atomic mass is 9.44. The quantitative estimate of drug-likeness (QED) is 0.788. The lowest BCUT2D eigenvalue weighted by molar-refractivity contribution is -0.159. The standard InChI is InChI=1S/C20H28O3/c1-19-8-3-4-16(19)14-6-5-12-10-13(21)7-9-20(12,2)17(14)15(11-19)18(22)23/h10,14-17H,3-9,11H2,1-2H3,(H,22,23)/t14-,15-,16-,17+,19-,20-/m0/s1. The summed E-state index contributed by atoms with van der Waals surface area (Å²) in [5, 5.41) is 9.98. The van der Waals surface area contributed by atoms with Crippen LogP contribution >= 0.6 is 0 Å². The summed E-state index contributed by atoms with van der Waals surface area (Å²) in [7, 11) is 0. The number of carbonyl (C=O) groups is 2. The summed E-state index contributed by atoms with van der Waals surface area (Å²) in [6, 6.07) is 0. The Bertz CT molecular complexity index is 592. The van der Waals surface area contributed by atoms with Gasteiger partial charge >= 0.3 is 5.97 Å². The fraction of sp³-hybridized carbons (Fsp3) is 0.800. The Labute approximate surface area is 138 Å². The molecule has 0 aromatic rings. The van der Waals surface area contributed by atoms with Crippen molar-refractivity contribution in [3.05, 3.63) is 11.6 Å². The summed E-state index contributed by atoms with van der Waals surface area (Å²) in [5.74, 6) is 0.854. The number of fused-ring (bicyclic) bond motifs is 5. The number of hydrogen-bond acceptors (Lipinski definition) is 2. The van der Waals surface area contributed by atoms with E-state index in [0.29, 0.717) is 18.3 Å². The third-order valence-electron chi connectivity index (χ3n) is 8.02. The third kappa shape index (κ3) is 2.08. The van der Waals surface area contributed by atoms with Gasteiger partial charge < -0.3 is 5.11 Å². The molecule has 6 atom stereocenters. The molecule has 0 bridgehead atoms. The van der Waals surface area contributed by atoms with E-state index in [0.717, 1.165) is 25.7 Å². The average molecular weight is 316 g/mol. The van der Waals surface area contributed by atoms with E-state index in [1.165, 1.54) is 24.8 Å². The fourth-order valence-electron chi connectivity index (χ4n) is 7.00. The van der Waals surface area contributed by atoms with Gasteiger partial charge in [0.15, 0.2) is 5.78 Å². The van der Waals surface area contributed by atoms with Crippen LogP contribution in [0.5, 0.6) is 0 Å². The molecule has 4 aliphatic rings. The highest BCUT2D eigenvalue weighted by Gasteiger charge is 2.61. The molecule has 0 saturated heterocycles. The van der Waals surface area contributed by atoms with Gasteiger partial charge in [-0.1, -0.05) is 25.8 Å². The third-order valence-corrected chi connectivity index (χ3v) is 8.02. The van der Waals surface area contributed by atoms with Crippen LogP contribution in [0.15, 0.2) is 11.6 Å². The lowest BCUT2D eigenvalue weighted by Crippen LogP contribution is -2.55. The number of aliphatic carboxylic acids is 1. The first-order valence-electron chi connectivity index (χ1n) is 9.32. The van der Waals surface area contributed by atoms with Gasteiger partial charge in [0.1, 0.15) is 0 Å². The van der Waals surface area contributed by atoms with Crippen molar-refractivity contribution in [3.63, 3.8) is 0 Å². The van der Waals surface area contributed by atoms with Crippen molar-refractivity contribution in [2.45, 2.75) is 65.2 Å². The monoisotopic (exact) mass is 316 g/mol. The molecule has 3 nitrogen and oxygen atoms in total. The summed E-state index contributed by atoms with van der Waals surface area (Å²) in [5.41, 5.74) is 1.42. The van der Waals surface area contributed by atoms with Crippen LogP contribution in [0, 0.1) is 34.5 Å². The smallest absolute Gasteiger partial charge is 0.306 e. The number of hydrogen-bond donors (Lipinski definition) is 1. The highest BCUT2D eigenvalue weighted by molar-refractivity contribution is 5.91. The molecule has 126 valence electrons. The van der Waals surface area contributed by atoms with Crippen molar-refractivity contribution in [1.82, 2.24) is 0 Å². The zero-order chi connectivity index (χ0) is 16.4. The van der Waals surface area contributed by atoms with Crippen molar-refractivity contribution < 1.29 is 14.7 Å². The van der Waals surface area contributed by atoms with Gasteiger partial charge in [0, 0.05) is 6.42 Å². The van der Waals surface area contributed by atoms with E-state index in [-0.39, 0.29) is 28.4 Å². The van der Waals surface area contributed by atoms with Crippen LogP contribution in [0.2, 0.25) is 0 Å². The van der Waals surface area contributed by atoms with Gasteiger partial charge in [0.25, 0.3) is 0 Å². The minimum absolute atomic E-state index is 0.0657. The maximum atomic E-state index is 12.1. The summed E-state index contributed by atoms with van der Waals surface area (Å²) < 4.78 is 0. The van der Waals surface area contributed by atoms with E-state index in [2.05, 4.69) is 13.8 Å². The Morgan fingerprint density at radius 3 is 2.74 bits per heavy atom. The first-order chi connectivity index (χ1) is 10.8. The Morgan fingerprint density at radius 2 is 2.00 bits per heavy atom. The molecule has 23 heavy (non-hydrogen) atoms. The van der Waals surface area contributed by atoms with Crippen LogP contribution in [0.3, 0.4) is 0 Å². The topological polar surface area (TPSA) is 54.4 Å². The minimum Gasteiger partial charge on any atom is -0.481 e. The van der Waals surface area contributed by atoms with Crippen LogP contribution < -0.4 is 0 Å². The van der Waals surface area contributed by atoms with E-state index < -0.39 is 5.97 Å². The molecule has 0 amide bonds. The molecular weight excluding hydrogens is 288 g/mol. The Balaban J connectivity index is 1.79. The Morgan fingerprint density at radius 1 is 1.22 bits per heavy atom. The summed E-state index contributed by atoms with van der Waals surface area (Å²) in [6.07, 6.45) is 9.97. The first kappa shape index (κ1) is 15.4. The second-order valence-electron chi connectivity index (χ2n) is 9.08. The molecule has 0 unspecified atom stereocenters.